The van der Waals surface area contributed by atoms with Gasteiger partial charge in [-0.3, -0.25) is 4.79 Å². The van der Waals surface area contributed by atoms with Crippen molar-refractivity contribution in [2.75, 3.05) is 24.3 Å². The highest BCUT2D eigenvalue weighted by Crippen LogP contribution is 2.35. The number of carbonyl (C=O) groups is 3. The van der Waals surface area contributed by atoms with Crippen LogP contribution in [-0.4, -0.2) is 52.0 Å². The molecule has 1 N–H and O–H groups in total. The Morgan fingerprint density at radius 1 is 0.854 bits per heavy atom. The smallest absolute Gasteiger partial charge is 0.348 e. The van der Waals surface area contributed by atoms with Crippen molar-refractivity contribution in [3.05, 3.63) is 73.5 Å². The number of benzene rings is 2. The molecule has 0 atom stereocenters. The number of rotatable bonds is 10. The lowest BCUT2D eigenvalue weighted by Crippen LogP contribution is -2.16. The summed E-state index contributed by atoms with van der Waals surface area (Å²) in [4.78, 5) is 43.0. The van der Waals surface area contributed by atoms with Crippen LogP contribution in [-0.2, 0) is 14.3 Å². The Hall–Kier alpha value is -3.13. The minimum Gasteiger partial charge on any atom is -0.462 e. The molecule has 2 aromatic heterocycles. The van der Waals surface area contributed by atoms with E-state index in [4.69, 9.17) is 14.5 Å². The van der Waals surface area contributed by atoms with E-state index >= 15 is 0 Å². The van der Waals surface area contributed by atoms with Crippen LogP contribution < -0.4 is 5.32 Å². The second-order valence-electron chi connectivity index (χ2n) is 8.34. The van der Waals surface area contributed by atoms with Gasteiger partial charge in [0.1, 0.15) is 21.3 Å². The number of thiophene rings is 1. The Labute approximate surface area is 261 Å². The predicted octanol–water partition coefficient (Wildman–Crippen LogP) is 7.18. The number of esters is 2. The molecule has 0 bridgehead atoms. The van der Waals surface area contributed by atoms with Gasteiger partial charge < -0.3 is 14.8 Å². The number of halogens is 2. The van der Waals surface area contributed by atoms with Gasteiger partial charge in [-0.15, -0.1) is 21.5 Å². The SMILES string of the molecule is CCOC(=O)c1sc(NC(=O)CSc2nnc(-c3ccc(Br)cc3)c(-c3ccc(Br)cc3)n2)c(C(=O)OCC)c1C. The summed E-state index contributed by atoms with van der Waals surface area (Å²) in [6.45, 7) is 5.32. The topological polar surface area (TPSA) is 120 Å². The second kappa shape index (κ2) is 14.2. The summed E-state index contributed by atoms with van der Waals surface area (Å²) in [7, 11) is 0. The molecule has 2 aromatic carbocycles. The predicted molar refractivity (Wildman–Crippen MR) is 166 cm³/mol. The number of aromatic nitrogens is 3. The lowest BCUT2D eigenvalue weighted by atomic mass is 10.0. The Balaban J connectivity index is 1.57. The van der Waals surface area contributed by atoms with Gasteiger partial charge in [0, 0.05) is 20.1 Å². The first-order valence-electron chi connectivity index (χ1n) is 12.4. The van der Waals surface area contributed by atoms with Crippen LogP contribution in [0.2, 0.25) is 0 Å². The molecule has 0 saturated carbocycles. The first kappa shape index (κ1) is 30.8. The van der Waals surface area contributed by atoms with E-state index in [0.29, 0.717) is 22.1 Å². The standard InChI is InChI=1S/C28H24Br2N4O5S2/c1-4-38-26(36)21-15(3)24(27(37)39-5-2)41-25(21)31-20(35)14-40-28-32-22(16-6-10-18(29)11-7-16)23(33-34-28)17-8-12-19(30)13-9-17/h6-13H,4-5,14H2,1-3H3,(H,31,35). The van der Waals surface area contributed by atoms with Crippen LogP contribution in [0, 0.1) is 6.92 Å². The lowest BCUT2D eigenvalue weighted by molar-refractivity contribution is -0.113. The molecule has 0 radical (unpaired) electrons. The average Bonchev–Trinajstić information content (AvgIpc) is 3.28. The first-order chi connectivity index (χ1) is 19.7. The maximum absolute atomic E-state index is 13.0. The first-order valence-corrected chi connectivity index (χ1v) is 15.8. The average molecular weight is 720 g/mol. The second-order valence-corrected chi connectivity index (χ2v) is 12.1. The van der Waals surface area contributed by atoms with Gasteiger partial charge in [0.25, 0.3) is 0 Å². The third kappa shape index (κ3) is 7.59. The zero-order valence-corrected chi connectivity index (χ0v) is 27.0. The number of anilines is 1. The molecule has 0 saturated heterocycles. The van der Waals surface area contributed by atoms with Crippen LogP contribution in [0.25, 0.3) is 22.5 Å². The molecule has 0 aliphatic carbocycles. The third-order valence-corrected chi connectivity index (χ3v) is 8.66. The number of ether oxygens (including phenoxy) is 2. The number of nitrogens with zero attached hydrogens (tertiary/aromatic N) is 3. The van der Waals surface area contributed by atoms with Gasteiger partial charge >= 0.3 is 11.9 Å². The van der Waals surface area contributed by atoms with Gasteiger partial charge in [-0.25, -0.2) is 14.6 Å². The van der Waals surface area contributed by atoms with E-state index in [1.807, 2.05) is 48.5 Å². The van der Waals surface area contributed by atoms with Gasteiger partial charge in [-0.2, -0.15) is 0 Å². The highest BCUT2D eigenvalue weighted by atomic mass is 79.9. The van der Waals surface area contributed by atoms with E-state index in [1.165, 1.54) is 0 Å². The summed E-state index contributed by atoms with van der Waals surface area (Å²) >= 11 is 8.98. The number of thioether (sulfide) groups is 1. The van der Waals surface area contributed by atoms with Gasteiger partial charge in [-0.1, -0.05) is 67.9 Å². The molecule has 4 aromatic rings. The maximum atomic E-state index is 13.0. The zero-order chi connectivity index (χ0) is 29.5. The highest BCUT2D eigenvalue weighted by Gasteiger charge is 2.27. The fraction of sp³-hybridized carbons (Fsp3) is 0.214. The molecular weight excluding hydrogens is 696 g/mol. The van der Waals surface area contributed by atoms with Crippen molar-refractivity contribution in [3.8, 4) is 22.5 Å². The number of nitrogens with one attached hydrogen (secondary N) is 1. The molecule has 4 rings (SSSR count). The summed E-state index contributed by atoms with van der Waals surface area (Å²) < 4.78 is 12.1. The third-order valence-electron chi connectivity index (χ3n) is 5.58. The number of carbonyl (C=O) groups excluding carboxylic acids is 3. The molecule has 13 heteroatoms. The van der Waals surface area contributed by atoms with Crippen molar-refractivity contribution in [3.63, 3.8) is 0 Å². The number of amides is 1. The van der Waals surface area contributed by atoms with Crippen LogP contribution in [0.5, 0.6) is 0 Å². The Kier molecular flexibility index (Phi) is 10.6. The molecule has 9 nitrogen and oxygen atoms in total. The van der Waals surface area contributed by atoms with Crippen molar-refractivity contribution < 1.29 is 23.9 Å². The van der Waals surface area contributed by atoms with E-state index in [9.17, 15) is 14.4 Å². The van der Waals surface area contributed by atoms with Crippen molar-refractivity contribution >= 4 is 77.8 Å². The van der Waals surface area contributed by atoms with Crippen molar-refractivity contribution in [1.29, 1.82) is 0 Å². The zero-order valence-electron chi connectivity index (χ0n) is 22.2. The molecule has 0 aliphatic heterocycles. The highest BCUT2D eigenvalue weighted by molar-refractivity contribution is 9.10. The molecule has 41 heavy (non-hydrogen) atoms. The van der Waals surface area contributed by atoms with Gasteiger partial charge in [0.2, 0.25) is 11.1 Å². The van der Waals surface area contributed by atoms with Crippen LogP contribution in [0.4, 0.5) is 5.00 Å². The molecule has 0 fully saturated rings. The van der Waals surface area contributed by atoms with E-state index in [1.54, 1.807) is 20.8 Å². The Morgan fingerprint density at radius 2 is 1.41 bits per heavy atom. The van der Waals surface area contributed by atoms with Crippen LogP contribution in [0.3, 0.4) is 0 Å². The van der Waals surface area contributed by atoms with E-state index in [0.717, 1.165) is 43.2 Å². The van der Waals surface area contributed by atoms with Gasteiger partial charge in [0.15, 0.2) is 0 Å². The minimum atomic E-state index is -0.630. The van der Waals surface area contributed by atoms with E-state index in [-0.39, 0.29) is 34.4 Å². The molecule has 2 heterocycles. The Morgan fingerprint density at radius 3 is 2.00 bits per heavy atom. The summed E-state index contributed by atoms with van der Waals surface area (Å²) in [5.41, 5.74) is 3.44. The maximum Gasteiger partial charge on any atom is 0.348 e. The summed E-state index contributed by atoms with van der Waals surface area (Å²) in [6, 6.07) is 15.4. The quantitative estimate of drug-likeness (QED) is 0.134. The molecule has 212 valence electrons. The van der Waals surface area contributed by atoms with Gasteiger partial charge in [-0.05, 0) is 50.6 Å². The molecule has 0 spiro atoms. The number of hydrogen-bond donors (Lipinski definition) is 1. The largest absolute Gasteiger partial charge is 0.462 e. The van der Waals surface area contributed by atoms with Crippen LogP contribution >= 0.6 is 55.0 Å². The Bertz CT molecular complexity index is 1580. The lowest BCUT2D eigenvalue weighted by Gasteiger charge is -2.10. The summed E-state index contributed by atoms with van der Waals surface area (Å²) in [6.07, 6.45) is 0. The van der Waals surface area contributed by atoms with Crippen molar-refractivity contribution in [2.45, 2.75) is 25.9 Å². The van der Waals surface area contributed by atoms with E-state index in [2.05, 4.69) is 47.4 Å². The van der Waals surface area contributed by atoms with Crippen molar-refractivity contribution in [2.24, 2.45) is 0 Å². The molecule has 1 amide bonds. The van der Waals surface area contributed by atoms with E-state index < -0.39 is 17.8 Å². The van der Waals surface area contributed by atoms with Crippen molar-refractivity contribution in [1.82, 2.24) is 15.2 Å². The number of hydrogen-bond acceptors (Lipinski definition) is 10. The molecule has 0 aliphatic rings. The normalized spacial score (nSPS) is 10.8. The molecular formula is C28H24Br2N4O5S2. The summed E-state index contributed by atoms with van der Waals surface area (Å²) in [5.74, 6) is -1.67. The minimum absolute atomic E-state index is 0.0625. The van der Waals surface area contributed by atoms with Gasteiger partial charge in [0.05, 0.1) is 24.5 Å². The van der Waals surface area contributed by atoms with Crippen LogP contribution in [0.1, 0.15) is 39.4 Å². The monoisotopic (exact) mass is 718 g/mol. The molecule has 0 unspecified atom stereocenters. The fourth-order valence-corrected chi connectivity index (χ4v) is 5.94. The summed E-state index contributed by atoms with van der Waals surface area (Å²) in [5, 5.41) is 12.0. The van der Waals surface area contributed by atoms with Crippen LogP contribution in [0.15, 0.2) is 62.6 Å². The fourth-order valence-electron chi connectivity index (χ4n) is 3.72.